The van der Waals surface area contributed by atoms with Crippen molar-refractivity contribution in [2.24, 2.45) is 16.9 Å². The van der Waals surface area contributed by atoms with Crippen LogP contribution < -0.4 is 11.5 Å². The summed E-state index contributed by atoms with van der Waals surface area (Å²) in [6.07, 6.45) is 3.80. The van der Waals surface area contributed by atoms with Crippen molar-refractivity contribution in [1.82, 2.24) is 0 Å². The van der Waals surface area contributed by atoms with Crippen LogP contribution in [0.2, 0.25) is 0 Å². The Morgan fingerprint density at radius 2 is 1.90 bits per heavy atom. The van der Waals surface area contributed by atoms with E-state index >= 15 is 0 Å². The molecule has 0 aliphatic heterocycles. The van der Waals surface area contributed by atoms with Crippen LogP contribution in [0.5, 0.6) is 0 Å². The summed E-state index contributed by atoms with van der Waals surface area (Å²) in [5.74, 6) is -0.981. The molecule has 1 aromatic rings. The average molecular weight is 307 g/mol. The van der Waals surface area contributed by atoms with E-state index in [2.05, 4.69) is 0 Å². The molecule has 5 heteroatoms. The summed E-state index contributed by atoms with van der Waals surface area (Å²) in [7, 11) is 0. The molecule has 0 saturated heterocycles. The number of allylic oxidation sites excluding steroid dienone is 2. The number of amides is 2. The molecule has 1 aliphatic carbocycles. The van der Waals surface area contributed by atoms with Gasteiger partial charge in [-0.3, -0.25) is 9.59 Å². The number of benzene rings is 1. The first kappa shape index (κ1) is 17.0. The van der Waals surface area contributed by atoms with Crippen LogP contribution in [-0.4, -0.2) is 11.8 Å². The van der Waals surface area contributed by atoms with Gasteiger partial charge in [-0.2, -0.15) is 0 Å². The molecule has 0 spiro atoms. The van der Waals surface area contributed by atoms with Crippen LogP contribution in [-0.2, 0) is 9.59 Å². The second kappa shape index (κ2) is 6.14. The lowest BCUT2D eigenvalue weighted by Gasteiger charge is -2.28. The molecule has 1 aromatic carbocycles. The highest BCUT2D eigenvalue weighted by Gasteiger charge is 2.34. The normalized spacial score (nSPS) is 20.9. The number of aryl methyl sites for hydroxylation is 1. The zero-order valence-corrected chi connectivity index (χ0v) is 12.9. The summed E-state index contributed by atoms with van der Waals surface area (Å²) in [6, 6.07) is 7.84. The van der Waals surface area contributed by atoms with Gasteiger partial charge >= 0.3 is 0 Å². The highest BCUT2D eigenvalue weighted by atomic mass is 35.5. The predicted octanol–water partition coefficient (Wildman–Crippen LogP) is 2.11. The first-order valence-corrected chi connectivity index (χ1v) is 6.42. The Morgan fingerprint density at radius 3 is 2.43 bits per heavy atom. The quantitative estimate of drug-likeness (QED) is 0.896. The molecule has 2 amide bonds. The Balaban J connectivity index is 0.00000220. The summed E-state index contributed by atoms with van der Waals surface area (Å²) in [5, 5.41) is 0. The molecule has 112 valence electrons. The zero-order chi connectivity index (χ0) is 14.9. The molecule has 4 nitrogen and oxygen atoms in total. The van der Waals surface area contributed by atoms with E-state index in [1.54, 1.807) is 13.0 Å². The third-order valence-electron chi connectivity index (χ3n) is 3.59. The number of halogens is 1. The first-order valence-electron chi connectivity index (χ1n) is 6.42. The van der Waals surface area contributed by atoms with Gasteiger partial charge in [0.1, 0.15) is 0 Å². The van der Waals surface area contributed by atoms with E-state index < -0.39 is 17.2 Å². The Bertz CT molecular complexity index is 649. The van der Waals surface area contributed by atoms with Gasteiger partial charge in [0.15, 0.2) is 0 Å². The molecular formula is C16H19ClN2O2. The van der Waals surface area contributed by atoms with Gasteiger partial charge in [-0.05, 0) is 37.5 Å². The van der Waals surface area contributed by atoms with Crippen molar-refractivity contribution in [1.29, 1.82) is 0 Å². The monoisotopic (exact) mass is 306 g/mol. The molecule has 1 atom stereocenters. The highest BCUT2D eigenvalue weighted by Crippen LogP contribution is 2.37. The minimum Gasteiger partial charge on any atom is -0.369 e. The van der Waals surface area contributed by atoms with Crippen LogP contribution in [0.25, 0.3) is 5.57 Å². The van der Waals surface area contributed by atoms with Crippen LogP contribution >= 0.6 is 12.4 Å². The Kier molecular flexibility index (Phi) is 4.97. The third kappa shape index (κ3) is 3.52. The van der Waals surface area contributed by atoms with E-state index in [-0.39, 0.29) is 18.8 Å². The van der Waals surface area contributed by atoms with Gasteiger partial charge in [-0.15, -0.1) is 12.4 Å². The van der Waals surface area contributed by atoms with Crippen molar-refractivity contribution in [3.63, 3.8) is 0 Å². The number of hydrogen-bond donors (Lipinski definition) is 2. The van der Waals surface area contributed by atoms with E-state index in [1.807, 2.05) is 37.3 Å². The fraction of sp³-hybridized carbons (Fsp3) is 0.250. The standard InChI is InChI=1S/C16H18N2O2.ClH/c1-10-4-3-5-11(6-10)12-7-13(14(17)19)9-16(2,8-12)15(18)20;/h3-8H,9H2,1-2H3,(H2,17,19)(H2,18,20);1H. The highest BCUT2D eigenvalue weighted by molar-refractivity contribution is 5.99. The van der Waals surface area contributed by atoms with Gasteiger partial charge in [-0.25, -0.2) is 0 Å². The maximum absolute atomic E-state index is 11.7. The summed E-state index contributed by atoms with van der Waals surface area (Å²) in [6.45, 7) is 3.71. The number of carbonyl (C=O) groups excluding carboxylic acids is 2. The SMILES string of the molecule is Cc1cccc(C2=CC(C)(C(N)=O)CC(C(N)=O)=C2)c1.Cl. The molecule has 0 saturated carbocycles. The number of primary amides is 2. The lowest BCUT2D eigenvalue weighted by molar-refractivity contribution is -0.124. The number of rotatable bonds is 3. The Morgan fingerprint density at radius 1 is 1.24 bits per heavy atom. The van der Waals surface area contributed by atoms with Crippen molar-refractivity contribution < 1.29 is 9.59 Å². The molecule has 1 aliphatic rings. The van der Waals surface area contributed by atoms with Crippen molar-refractivity contribution in [3.05, 3.63) is 53.1 Å². The van der Waals surface area contributed by atoms with E-state index in [4.69, 9.17) is 11.5 Å². The third-order valence-corrected chi connectivity index (χ3v) is 3.59. The Labute approximate surface area is 130 Å². The number of nitrogens with two attached hydrogens (primary N) is 2. The Hall–Kier alpha value is -2.07. The fourth-order valence-corrected chi connectivity index (χ4v) is 2.38. The average Bonchev–Trinajstić information content (AvgIpc) is 2.38. The second-order valence-electron chi connectivity index (χ2n) is 5.46. The van der Waals surface area contributed by atoms with Gasteiger partial charge in [-0.1, -0.05) is 35.9 Å². The molecule has 0 radical (unpaired) electrons. The molecule has 1 unspecified atom stereocenters. The maximum Gasteiger partial charge on any atom is 0.244 e. The summed E-state index contributed by atoms with van der Waals surface area (Å²) in [4.78, 5) is 23.2. The minimum absolute atomic E-state index is 0. The predicted molar refractivity (Wildman–Crippen MR) is 85.6 cm³/mol. The molecule has 0 aromatic heterocycles. The largest absolute Gasteiger partial charge is 0.369 e. The van der Waals surface area contributed by atoms with Gasteiger partial charge in [0.25, 0.3) is 0 Å². The summed E-state index contributed by atoms with van der Waals surface area (Å²) < 4.78 is 0. The molecule has 21 heavy (non-hydrogen) atoms. The topological polar surface area (TPSA) is 86.2 Å². The molecule has 2 rings (SSSR count). The van der Waals surface area contributed by atoms with Crippen LogP contribution in [0.15, 0.2) is 42.0 Å². The van der Waals surface area contributed by atoms with Crippen LogP contribution in [0, 0.1) is 12.3 Å². The van der Waals surface area contributed by atoms with Crippen LogP contribution in [0.4, 0.5) is 0 Å². The van der Waals surface area contributed by atoms with Gasteiger partial charge < -0.3 is 11.5 Å². The smallest absolute Gasteiger partial charge is 0.244 e. The second-order valence-corrected chi connectivity index (χ2v) is 5.46. The molecule has 0 bridgehead atoms. The van der Waals surface area contributed by atoms with Crippen LogP contribution in [0.3, 0.4) is 0 Å². The number of carbonyl (C=O) groups is 2. The van der Waals surface area contributed by atoms with E-state index in [0.29, 0.717) is 5.57 Å². The molecule has 0 heterocycles. The van der Waals surface area contributed by atoms with Crippen molar-refractivity contribution in [3.8, 4) is 0 Å². The fourth-order valence-electron chi connectivity index (χ4n) is 2.38. The zero-order valence-electron chi connectivity index (χ0n) is 12.1. The van der Waals surface area contributed by atoms with Gasteiger partial charge in [0.05, 0.1) is 5.41 Å². The van der Waals surface area contributed by atoms with Crippen molar-refractivity contribution >= 4 is 29.8 Å². The summed E-state index contributed by atoms with van der Waals surface area (Å²) in [5.41, 5.74) is 13.2. The van der Waals surface area contributed by atoms with Gasteiger partial charge in [0.2, 0.25) is 11.8 Å². The lowest BCUT2D eigenvalue weighted by atomic mass is 9.75. The maximum atomic E-state index is 11.7. The van der Waals surface area contributed by atoms with Crippen molar-refractivity contribution in [2.45, 2.75) is 20.3 Å². The summed E-state index contributed by atoms with van der Waals surface area (Å²) >= 11 is 0. The van der Waals surface area contributed by atoms with E-state index in [1.165, 1.54) is 0 Å². The minimum atomic E-state index is -0.891. The van der Waals surface area contributed by atoms with Gasteiger partial charge in [0, 0.05) is 5.57 Å². The first-order chi connectivity index (χ1) is 9.32. The van der Waals surface area contributed by atoms with Crippen molar-refractivity contribution in [2.75, 3.05) is 0 Å². The van der Waals surface area contributed by atoms with E-state index in [9.17, 15) is 9.59 Å². The molecular weight excluding hydrogens is 288 g/mol. The lowest BCUT2D eigenvalue weighted by Crippen LogP contribution is -2.36. The molecule has 4 N–H and O–H groups in total. The van der Waals surface area contributed by atoms with Crippen LogP contribution in [0.1, 0.15) is 24.5 Å². The van der Waals surface area contributed by atoms with E-state index in [0.717, 1.165) is 16.7 Å². The molecule has 0 fully saturated rings. The number of hydrogen-bond acceptors (Lipinski definition) is 2.